The molecule has 0 unspecified atom stereocenters. The maximum atomic E-state index is 12.3. The second-order valence-corrected chi connectivity index (χ2v) is 13.6. The van der Waals surface area contributed by atoms with E-state index in [1.807, 2.05) is 6.08 Å². The smallest absolute Gasteiger partial charge is 0.330 e. The van der Waals surface area contributed by atoms with Gasteiger partial charge in [-0.3, -0.25) is 19.1 Å². The number of rotatable bonds is 11. The van der Waals surface area contributed by atoms with E-state index in [1.54, 1.807) is 6.08 Å². The minimum Gasteiger partial charge on any atom is -0.387 e. The van der Waals surface area contributed by atoms with E-state index in [9.17, 15) is 24.6 Å². The summed E-state index contributed by atoms with van der Waals surface area (Å²) in [5.41, 5.74) is -1.32. The van der Waals surface area contributed by atoms with Crippen LogP contribution in [0.3, 0.4) is 0 Å². The van der Waals surface area contributed by atoms with Crippen molar-refractivity contribution in [3.05, 3.63) is 69.6 Å². The fourth-order valence-corrected chi connectivity index (χ4v) is 7.61. The van der Waals surface area contributed by atoms with Crippen LogP contribution in [-0.2, 0) is 9.53 Å². The first-order chi connectivity index (χ1) is 19.8. The van der Waals surface area contributed by atoms with E-state index in [0.29, 0.717) is 5.92 Å². The summed E-state index contributed by atoms with van der Waals surface area (Å²) in [5, 5.41) is 23.3. The third-order valence-electron chi connectivity index (χ3n) is 10.6. The molecule has 220 valence electrons. The fourth-order valence-electron chi connectivity index (χ4n) is 7.61. The standard InChI is InChI=1S/C32H41N3O6/c1-16-10-17(16)6-7-19-12-21(19)23-14-25(23)24-13-22(24)20-11-18(20)4-2-3-5-27(36)33-15-26-29(38)30(39)31(41-26)35-9-8-28(37)34-32(35)40/h2-9,16-26,29-31,38-39H,10-15H2,1H3,(H,33,36)(H,34,37,40)/b4-2+,5-3+,7-6+/t16-,17-,18+,19-,20-,21+,22+,23-,24-,25+,26-,29-,30-,31-/m1/s1. The topological polar surface area (TPSA) is 134 Å². The molecular formula is C32H41N3O6. The molecule has 4 N–H and O–H groups in total. The van der Waals surface area contributed by atoms with Gasteiger partial charge in [-0.25, -0.2) is 4.79 Å². The van der Waals surface area contributed by atoms with Crippen molar-refractivity contribution in [2.24, 2.45) is 59.2 Å². The summed E-state index contributed by atoms with van der Waals surface area (Å²) in [6.07, 6.45) is 15.8. The fraction of sp³-hybridized carbons (Fsp3) is 0.656. The highest BCUT2D eigenvalue weighted by Crippen LogP contribution is 2.70. The third-order valence-corrected chi connectivity index (χ3v) is 10.6. The van der Waals surface area contributed by atoms with Gasteiger partial charge in [0.15, 0.2) is 6.23 Å². The first-order valence-corrected chi connectivity index (χ1v) is 15.4. The lowest BCUT2D eigenvalue weighted by atomic mass is 10.1. The maximum absolute atomic E-state index is 12.3. The molecule has 1 amide bonds. The molecule has 0 radical (unpaired) electrons. The molecule has 7 rings (SSSR count). The molecule has 6 aliphatic rings. The number of aliphatic hydroxyl groups is 2. The molecule has 9 nitrogen and oxygen atoms in total. The molecule has 41 heavy (non-hydrogen) atoms. The summed E-state index contributed by atoms with van der Waals surface area (Å²) < 4.78 is 6.63. The SMILES string of the molecule is C[C@@H]1C[C@H]1/C=C/[C@@H]1C[C@@H]1[C@H]1C[C@@H]1[C@@H]1C[C@H]1[C@@H]1C[C@@H]1/C=C/C=C/C(=O)NC[C@H]1O[C@@H](n2ccc(=O)[nH]c2=O)[C@H](O)[C@@H]1O. The number of H-pyrrole nitrogens is 1. The first-order valence-electron chi connectivity index (χ1n) is 15.4. The number of carbonyl (C=O) groups excluding carboxylic acids is 1. The van der Waals surface area contributed by atoms with Gasteiger partial charge in [0.05, 0.1) is 0 Å². The zero-order valence-corrected chi connectivity index (χ0v) is 23.4. The number of nitrogens with zero attached hydrogens (tertiary/aromatic N) is 1. The highest BCUT2D eigenvalue weighted by molar-refractivity contribution is 5.87. The quantitative estimate of drug-likeness (QED) is 0.185. The lowest BCUT2D eigenvalue weighted by Crippen LogP contribution is -2.39. The molecule has 1 aromatic rings. The Labute approximate surface area is 239 Å². The Hall–Kier alpha value is -2.75. The molecule has 2 heterocycles. The number of amides is 1. The van der Waals surface area contributed by atoms with Crippen LogP contribution in [-0.4, -0.2) is 50.5 Å². The minimum absolute atomic E-state index is 0.0345. The van der Waals surface area contributed by atoms with Crippen LogP contribution in [0.15, 0.2) is 58.3 Å². The lowest BCUT2D eigenvalue weighted by molar-refractivity contribution is -0.117. The summed E-state index contributed by atoms with van der Waals surface area (Å²) in [6, 6.07) is 1.13. The van der Waals surface area contributed by atoms with Crippen molar-refractivity contribution in [1.82, 2.24) is 14.9 Å². The van der Waals surface area contributed by atoms with Crippen molar-refractivity contribution in [2.45, 2.75) is 63.6 Å². The van der Waals surface area contributed by atoms with E-state index >= 15 is 0 Å². The summed E-state index contributed by atoms with van der Waals surface area (Å²) in [7, 11) is 0. The van der Waals surface area contributed by atoms with Gasteiger partial charge in [-0.1, -0.05) is 37.3 Å². The van der Waals surface area contributed by atoms with Gasteiger partial charge in [-0.15, -0.1) is 0 Å². The lowest BCUT2D eigenvalue weighted by Gasteiger charge is -2.16. The van der Waals surface area contributed by atoms with Crippen LogP contribution in [0.4, 0.5) is 0 Å². The molecule has 14 atom stereocenters. The van der Waals surface area contributed by atoms with Crippen molar-refractivity contribution >= 4 is 5.91 Å². The van der Waals surface area contributed by atoms with Crippen LogP contribution in [0.1, 0.15) is 45.3 Å². The van der Waals surface area contributed by atoms with Gasteiger partial charge in [-0.2, -0.15) is 0 Å². The van der Waals surface area contributed by atoms with E-state index < -0.39 is 35.8 Å². The second kappa shape index (κ2) is 10.5. The summed E-state index contributed by atoms with van der Waals surface area (Å²) in [4.78, 5) is 37.6. The predicted molar refractivity (Wildman–Crippen MR) is 151 cm³/mol. The Morgan fingerprint density at radius 2 is 1.56 bits per heavy atom. The number of allylic oxidation sites excluding steroid dienone is 5. The van der Waals surface area contributed by atoms with E-state index in [1.165, 1.54) is 44.4 Å². The second-order valence-electron chi connectivity index (χ2n) is 13.6. The highest BCUT2D eigenvalue weighted by Gasteiger charge is 2.63. The summed E-state index contributed by atoms with van der Waals surface area (Å²) >= 11 is 0. The van der Waals surface area contributed by atoms with Crippen LogP contribution in [0.25, 0.3) is 0 Å². The van der Waals surface area contributed by atoms with Gasteiger partial charge in [0, 0.05) is 24.9 Å². The Morgan fingerprint density at radius 3 is 2.22 bits per heavy atom. The predicted octanol–water partition coefficient (Wildman–Crippen LogP) is 2.14. The summed E-state index contributed by atoms with van der Waals surface area (Å²) in [5.74, 6) is 8.64. The molecule has 0 spiro atoms. The van der Waals surface area contributed by atoms with Gasteiger partial charge in [0.25, 0.3) is 5.56 Å². The average molecular weight is 564 g/mol. The average Bonchev–Trinajstić information content (AvgIpc) is 3.72. The number of ether oxygens (including phenoxy) is 1. The Morgan fingerprint density at radius 1 is 0.927 bits per heavy atom. The molecule has 1 aliphatic heterocycles. The van der Waals surface area contributed by atoms with E-state index in [2.05, 4.69) is 35.5 Å². The zero-order valence-electron chi connectivity index (χ0n) is 23.4. The third kappa shape index (κ3) is 5.81. The minimum atomic E-state index is -1.38. The van der Waals surface area contributed by atoms with E-state index in [0.717, 1.165) is 63.9 Å². The number of aromatic amines is 1. The first kappa shape index (κ1) is 27.1. The van der Waals surface area contributed by atoms with Crippen molar-refractivity contribution < 1.29 is 19.7 Å². The Bertz CT molecular complexity index is 1380. The van der Waals surface area contributed by atoms with Crippen molar-refractivity contribution in [1.29, 1.82) is 0 Å². The molecule has 9 heteroatoms. The monoisotopic (exact) mass is 563 g/mol. The van der Waals surface area contributed by atoms with Crippen molar-refractivity contribution in [3.63, 3.8) is 0 Å². The maximum Gasteiger partial charge on any atom is 0.330 e. The van der Waals surface area contributed by atoms with Crippen LogP contribution in [0.5, 0.6) is 0 Å². The number of hydrogen-bond acceptors (Lipinski definition) is 6. The van der Waals surface area contributed by atoms with Crippen LogP contribution >= 0.6 is 0 Å². The van der Waals surface area contributed by atoms with Gasteiger partial charge >= 0.3 is 5.69 Å². The molecule has 5 aliphatic carbocycles. The molecule has 1 aromatic heterocycles. The number of nitrogens with one attached hydrogen (secondary N) is 2. The van der Waals surface area contributed by atoms with Crippen LogP contribution < -0.4 is 16.6 Å². The number of aromatic nitrogens is 2. The van der Waals surface area contributed by atoms with Gasteiger partial charge < -0.3 is 20.3 Å². The zero-order chi connectivity index (χ0) is 28.4. The number of carbonyl (C=O) groups is 1. The van der Waals surface area contributed by atoms with Crippen LogP contribution in [0, 0.1) is 59.2 Å². The Balaban J connectivity index is 0.801. The van der Waals surface area contributed by atoms with Gasteiger partial charge in [-0.05, 0) is 91.3 Å². The van der Waals surface area contributed by atoms with Crippen molar-refractivity contribution in [2.75, 3.05) is 6.54 Å². The van der Waals surface area contributed by atoms with E-state index in [-0.39, 0.29) is 12.5 Å². The molecule has 6 fully saturated rings. The molecule has 1 saturated heterocycles. The molecule has 0 aromatic carbocycles. The van der Waals surface area contributed by atoms with Crippen molar-refractivity contribution in [3.8, 4) is 0 Å². The Kier molecular flexibility index (Phi) is 6.95. The summed E-state index contributed by atoms with van der Waals surface area (Å²) in [6.45, 7) is 2.32. The largest absolute Gasteiger partial charge is 0.387 e. The van der Waals surface area contributed by atoms with E-state index in [4.69, 9.17) is 4.74 Å². The van der Waals surface area contributed by atoms with Gasteiger partial charge in [0.2, 0.25) is 5.91 Å². The van der Waals surface area contributed by atoms with Crippen LogP contribution in [0.2, 0.25) is 0 Å². The van der Waals surface area contributed by atoms with Gasteiger partial charge in [0.1, 0.15) is 18.3 Å². The molecule has 5 saturated carbocycles. The molecule has 0 bridgehead atoms. The molecular weight excluding hydrogens is 522 g/mol. The number of hydrogen-bond donors (Lipinski definition) is 4. The number of aliphatic hydroxyl groups excluding tert-OH is 2. The highest BCUT2D eigenvalue weighted by atomic mass is 16.6. The normalized spacial score (nSPS) is 45.9.